The highest BCUT2D eigenvalue weighted by molar-refractivity contribution is 5.77. The number of hydrogen-bond donors (Lipinski definition) is 0. The average Bonchev–Trinajstić information content (AvgIpc) is 3.17. The molecule has 3 aromatic rings. The summed E-state index contributed by atoms with van der Waals surface area (Å²) in [5, 5.41) is 4.43. The Hall–Kier alpha value is -3.00. The summed E-state index contributed by atoms with van der Waals surface area (Å²) < 4.78 is 3.07. The van der Waals surface area contributed by atoms with Crippen LogP contribution in [0.2, 0.25) is 0 Å². The molecule has 8 heteroatoms. The molecule has 0 unspecified atom stereocenters. The van der Waals surface area contributed by atoms with Crippen LogP contribution in [0.3, 0.4) is 0 Å². The lowest BCUT2D eigenvalue weighted by Gasteiger charge is -2.34. The van der Waals surface area contributed by atoms with Gasteiger partial charge >= 0.3 is 0 Å². The van der Waals surface area contributed by atoms with Crippen LogP contribution in [-0.2, 0) is 11.3 Å². The van der Waals surface area contributed by atoms with Crippen LogP contribution in [0.4, 0.5) is 0 Å². The molecule has 1 aliphatic heterocycles. The van der Waals surface area contributed by atoms with Gasteiger partial charge in [-0.3, -0.25) is 9.59 Å². The first-order valence-electron chi connectivity index (χ1n) is 10.0. The van der Waals surface area contributed by atoms with E-state index in [0.29, 0.717) is 17.3 Å². The minimum atomic E-state index is -0.245. The lowest BCUT2D eigenvalue weighted by Crippen LogP contribution is -2.49. The van der Waals surface area contributed by atoms with Gasteiger partial charge in [-0.1, -0.05) is 31.2 Å². The zero-order valence-electron chi connectivity index (χ0n) is 17.1. The summed E-state index contributed by atoms with van der Waals surface area (Å²) in [6.45, 7) is 10.3. The second kappa shape index (κ2) is 7.79. The van der Waals surface area contributed by atoms with Gasteiger partial charge in [0.15, 0.2) is 5.82 Å². The number of nitrogens with zero attached hydrogens (tertiary/aromatic N) is 6. The van der Waals surface area contributed by atoms with Crippen molar-refractivity contribution >= 4 is 11.7 Å². The molecule has 152 valence electrons. The van der Waals surface area contributed by atoms with Gasteiger partial charge in [0.2, 0.25) is 11.7 Å². The predicted molar refractivity (Wildman–Crippen MR) is 111 cm³/mol. The molecule has 0 spiro atoms. The van der Waals surface area contributed by atoms with Crippen molar-refractivity contribution in [1.82, 2.24) is 29.0 Å². The van der Waals surface area contributed by atoms with E-state index < -0.39 is 0 Å². The van der Waals surface area contributed by atoms with Gasteiger partial charge in [0, 0.05) is 43.5 Å². The first-order valence-corrected chi connectivity index (χ1v) is 10.0. The van der Waals surface area contributed by atoms with E-state index in [2.05, 4.69) is 21.9 Å². The second-order valence-electron chi connectivity index (χ2n) is 7.49. The molecular weight excluding hydrogens is 368 g/mol. The number of aromatic nitrogens is 4. The van der Waals surface area contributed by atoms with E-state index in [-0.39, 0.29) is 18.0 Å². The Balaban J connectivity index is 1.68. The third-order valence-electron chi connectivity index (χ3n) is 5.65. The maximum Gasteiger partial charge on any atom is 0.275 e. The molecule has 4 rings (SSSR count). The van der Waals surface area contributed by atoms with E-state index in [4.69, 9.17) is 0 Å². The van der Waals surface area contributed by atoms with Crippen LogP contribution >= 0.6 is 0 Å². The quantitative estimate of drug-likeness (QED) is 0.668. The Morgan fingerprint density at radius 1 is 1.10 bits per heavy atom. The SMILES string of the molecule is CCN1CCN(C(=O)Cn2c(C)cc(=O)n3nc(-c4ccccc4C)nc23)CC1. The number of carbonyl (C=O) groups is 1. The van der Waals surface area contributed by atoms with Crippen LogP contribution in [0.5, 0.6) is 0 Å². The van der Waals surface area contributed by atoms with Gasteiger partial charge in [-0.05, 0) is 26.0 Å². The van der Waals surface area contributed by atoms with Crippen molar-refractivity contribution in [3.63, 3.8) is 0 Å². The fourth-order valence-corrected chi connectivity index (χ4v) is 3.78. The maximum atomic E-state index is 12.9. The topological polar surface area (TPSA) is 75.7 Å². The first kappa shape index (κ1) is 19.3. The van der Waals surface area contributed by atoms with Crippen molar-refractivity contribution < 1.29 is 4.79 Å². The highest BCUT2D eigenvalue weighted by Gasteiger charge is 2.22. The number of likely N-dealkylation sites (N-methyl/N-ethyl adjacent to an activating group) is 1. The molecule has 1 amide bonds. The van der Waals surface area contributed by atoms with E-state index >= 15 is 0 Å². The largest absolute Gasteiger partial charge is 0.339 e. The summed E-state index contributed by atoms with van der Waals surface area (Å²) >= 11 is 0. The summed E-state index contributed by atoms with van der Waals surface area (Å²) in [6, 6.07) is 9.30. The third-order valence-corrected chi connectivity index (χ3v) is 5.65. The zero-order valence-corrected chi connectivity index (χ0v) is 17.1. The monoisotopic (exact) mass is 394 g/mol. The summed E-state index contributed by atoms with van der Waals surface area (Å²) in [7, 11) is 0. The molecule has 1 aromatic carbocycles. The summed E-state index contributed by atoms with van der Waals surface area (Å²) in [5.41, 5.74) is 2.36. The molecule has 1 saturated heterocycles. The van der Waals surface area contributed by atoms with Gasteiger partial charge in [0.1, 0.15) is 6.54 Å². The van der Waals surface area contributed by atoms with Crippen LogP contribution in [-0.4, -0.2) is 67.6 Å². The van der Waals surface area contributed by atoms with Crippen molar-refractivity contribution in [2.45, 2.75) is 27.3 Å². The Morgan fingerprint density at radius 3 is 2.52 bits per heavy atom. The number of rotatable bonds is 4. The molecule has 1 aliphatic rings. The Kier molecular flexibility index (Phi) is 5.19. The molecule has 0 saturated carbocycles. The van der Waals surface area contributed by atoms with E-state index in [1.165, 1.54) is 10.6 Å². The molecule has 0 atom stereocenters. The smallest absolute Gasteiger partial charge is 0.275 e. The fraction of sp³-hybridized carbons (Fsp3) is 0.429. The van der Waals surface area contributed by atoms with Gasteiger partial charge in [0.25, 0.3) is 5.56 Å². The molecule has 2 aromatic heterocycles. The van der Waals surface area contributed by atoms with Crippen LogP contribution in [0.15, 0.2) is 35.1 Å². The molecule has 1 fully saturated rings. The molecule has 29 heavy (non-hydrogen) atoms. The van der Waals surface area contributed by atoms with Crippen LogP contribution in [0.25, 0.3) is 17.2 Å². The molecule has 3 heterocycles. The Morgan fingerprint density at radius 2 is 1.83 bits per heavy atom. The molecule has 0 aliphatic carbocycles. The number of carbonyl (C=O) groups excluding carboxylic acids is 1. The van der Waals surface area contributed by atoms with Gasteiger partial charge in [0.05, 0.1) is 0 Å². The van der Waals surface area contributed by atoms with E-state index in [0.717, 1.165) is 43.9 Å². The fourth-order valence-electron chi connectivity index (χ4n) is 3.78. The van der Waals surface area contributed by atoms with Crippen molar-refractivity contribution in [3.8, 4) is 11.4 Å². The molecule has 0 radical (unpaired) electrons. The van der Waals surface area contributed by atoms with Crippen molar-refractivity contribution in [3.05, 3.63) is 51.9 Å². The standard InChI is InChI=1S/C21H26N6O2/c1-4-24-9-11-25(12-10-24)19(29)14-26-16(3)13-18(28)27-21(26)22-20(23-27)17-8-6-5-7-15(17)2/h5-8,13H,4,9-12,14H2,1-3H3. The number of aryl methyl sites for hydroxylation is 2. The molecular formula is C21H26N6O2. The third kappa shape index (κ3) is 3.67. The van der Waals surface area contributed by atoms with Crippen molar-refractivity contribution in [2.24, 2.45) is 0 Å². The Bertz CT molecular complexity index is 1110. The van der Waals surface area contributed by atoms with Crippen LogP contribution in [0.1, 0.15) is 18.2 Å². The van der Waals surface area contributed by atoms with E-state index in [1.54, 1.807) is 4.57 Å². The maximum absolute atomic E-state index is 12.9. The summed E-state index contributed by atoms with van der Waals surface area (Å²) in [4.78, 5) is 34.3. The molecule has 0 N–H and O–H groups in total. The van der Waals surface area contributed by atoms with Crippen LogP contribution in [0, 0.1) is 13.8 Å². The minimum Gasteiger partial charge on any atom is -0.339 e. The highest BCUT2D eigenvalue weighted by atomic mass is 16.2. The van der Waals surface area contributed by atoms with E-state index in [1.807, 2.05) is 43.0 Å². The van der Waals surface area contributed by atoms with Gasteiger partial charge in [-0.2, -0.15) is 9.50 Å². The van der Waals surface area contributed by atoms with Crippen molar-refractivity contribution in [1.29, 1.82) is 0 Å². The van der Waals surface area contributed by atoms with Crippen LogP contribution < -0.4 is 5.56 Å². The average molecular weight is 394 g/mol. The van der Waals surface area contributed by atoms with Gasteiger partial charge in [-0.15, -0.1) is 5.10 Å². The number of fused-ring (bicyclic) bond motifs is 1. The molecule has 0 bridgehead atoms. The zero-order chi connectivity index (χ0) is 20.5. The Labute approximate surface area is 169 Å². The number of piperazine rings is 1. The lowest BCUT2D eigenvalue weighted by atomic mass is 10.1. The second-order valence-corrected chi connectivity index (χ2v) is 7.49. The summed E-state index contributed by atoms with van der Waals surface area (Å²) in [5.74, 6) is 0.923. The van der Waals surface area contributed by atoms with Gasteiger partial charge in [-0.25, -0.2) is 0 Å². The highest BCUT2D eigenvalue weighted by Crippen LogP contribution is 2.20. The first-order chi connectivity index (χ1) is 14.0. The van der Waals surface area contributed by atoms with Crippen molar-refractivity contribution in [2.75, 3.05) is 32.7 Å². The minimum absolute atomic E-state index is 0.0369. The van der Waals surface area contributed by atoms with E-state index in [9.17, 15) is 9.59 Å². The number of amides is 1. The lowest BCUT2D eigenvalue weighted by molar-refractivity contribution is -0.133. The van der Waals surface area contributed by atoms with Gasteiger partial charge < -0.3 is 14.4 Å². The number of hydrogen-bond acceptors (Lipinski definition) is 5. The normalized spacial score (nSPS) is 15.2. The predicted octanol–water partition coefficient (Wildman–Crippen LogP) is 1.34. The molecule has 8 nitrogen and oxygen atoms in total. The summed E-state index contributed by atoms with van der Waals surface area (Å²) in [6.07, 6.45) is 0. The number of benzene rings is 1.